The lowest BCUT2D eigenvalue weighted by atomic mass is 9.88. The van der Waals surface area contributed by atoms with Gasteiger partial charge in [0.15, 0.2) is 0 Å². The van der Waals surface area contributed by atoms with Crippen LogP contribution in [0.5, 0.6) is 0 Å². The van der Waals surface area contributed by atoms with Crippen LogP contribution in [0.2, 0.25) is 0 Å². The van der Waals surface area contributed by atoms with Crippen molar-refractivity contribution < 1.29 is 0 Å². The topological polar surface area (TPSA) is 12.9 Å². The Balaban J connectivity index is 1.50. The van der Waals surface area contributed by atoms with Crippen molar-refractivity contribution >= 4 is 32.3 Å². The standard InChI is InChI=1S/C35H23N/c1-3-11-30-26(7-1)9-5-13-32(30)35-22-29(21-34-31-12-4-2-8-27(31)18-19-33(34)35)25-16-14-24(15-17-25)28-10-6-20-36-23-28/h1-23H. The predicted octanol–water partition coefficient (Wildman–Crippen LogP) is 9.54. The summed E-state index contributed by atoms with van der Waals surface area (Å²) in [6.45, 7) is 0. The number of rotatable bonds is 3. The first kappa shape index (κ1) is 20.6. The van der Waals surface area contributed by atoms with Crippen LogP contribution in [-0.4, -0.2) is 4.98 Å². The molecule has 0 bridgehead atoms. The molecule has 0 fully saturated rings. The van der Waals surface area contributed by atoms with Crippen LogP contribution in [0.3, 0.4) is 0 Å². The summed E-state index contributed by atoms with van der Waals surface area (Å²) in [5.74, 6) is 0. The largest absolute Gasteiger partial charge is 0.264 e. The van der Waals surface area contributed by atoms with Gasteiger partial charge < -0.3 is 0 Å². The molecule has 1 aromatic heterocycles. The molecule has 0 saturated heterocycles. The normalized spacial score (nSPS) is 11.3. The lowest BCUT2D eigenvalue weighted by molar-refractivity contribution is 1.33. The summed E-state index contributed by atoms with van der Waals surface area (Å²) < 4.78 is 0. The second kappa shape index (κ2) is 8.48. The van der Waals surface area contributed by atoms with Crippen molar-refractivity contribution in [3.05, 3.63) is 140 Å². The number of benzene rings is 6. The average molecular weight is 458 g/mol. The molecule has 0 atom stereocenters. The SMILES string of the molecule is c1cncc(-c2ccc(-c3cc(-c4cccc5ccccc45)c4ccc5ccccc5c4c3)cc2)c1. The maximum Gasteiger partial charge on any atom is 0.0346 e. The van der Waals surface area contributed by atoms with Gasteiger partial charge in [0.1, 0.15) is 0 Å². The van der Waals surface area contributed by atoms with Gasteiger partial charge in [-0.2, -0.15) is 0 Å². The molecular formula is C35H23N. The van der Waals surface area contributed by atoms with Crippen LogP contribution in [0.15, 0.2) is 140 Å². The average Bonchev–Trinajstić information content (AvgIpc) is 2.97. The summed E-state index contributed by atoms with van der Waals surface area (Å²) >= 11 is 0. The molecule has 7 aromatic rings. The second-order valence-corrected chi connectivity index (χ2v) is 9.25. The van der Waals surface area contributed by atoms with E-state index in [4.69, 9.17) is 0 Å². The molecule has 0 unspecified atom stereocenters. The van der Waals surface area contributed by atoms with Crippen LogP contribution in [0.4, 0.5) is 0 Å². The quantitative estimate of drug-likeness (QED) is 0.241. The first-order valence-corrected chi connectivity index (χ1v) is 12.3. The van der Waals surface area contributed by atoms with E-state index in [1.807, 2.05) is 18.5 Å². The zero-order chi connectivity index (χ0) is 23.9. The number of hydrogen-bond donors (Lipinski definition) is 0. The van der Waals surface area contributed by atoms with Crippen molar-refractivity contribution in [3.63, 3.8) is 0 Å². The monoisotopic (exact) mass is 457 g/mol. The van der Waals surface area contributed by atoms with E-state index in [0.29, 0.717) is 0 Å². The van der Waals surface area contributed by atoms with Gasteiger partial charge >= 0.3 is 0 Å². The van der Waals surface area contributed by atoms with Gasteiger partial charge in [-0.3, -0.25) is 4.98 Å². The Morgan fingerprint density at radius 2 is 1.06 bits per heavy atom. The highest BCUT2D eigenvalue weighted by Crippen LogP contribution is 2.40. The smallest absolute Gasteiger partial charge is 0.0346 e. The first-order chi connectivity index (χ1) is 17.8. The van der Waals surface area contributed by atoms with Crippen LogP contribution < -0.4 is 0 Å². The minimum atomic E-state index is 1.13. The van der Waals surface area contributed by atoms with Crippen molar-refractivity contribution in [1.29, 1.82) is 0 Å². The molecule has 168 valence electrons. The van der Waals surface area contributed by atoms with E-state index in [1.165, 1.54) is 60.1 Å². The first-order valence-electron chi connectivity index (χ1n) is 12.3. The molecule has 0 amide bonds. The third-order valence-electron chi connectivity index (χ3n) is 7.15. The summed E-state index contributed by atoms with van der Waals surface area (Å²) in [4.78, 5) is 4.27. The number of aromatic nitrogens is 1. The van der Waals surface area contributed by atoms with Crippen molar-refractivity contribution in [3.8, 4) is 33.4 Å². The summed E-state index contributed by atoms with van der Waals surface area (Å²) in [7, 11) is 0. The van der Waals surface area contributed by atoms with Gasteiger partial charge in [-0.1, -0.05) is 109 Å². The molecule has 0 aliphatic carbocycles. The Bertz CT molecular complexity index is 1860. The molecule has 7 rings (SSSR count). The van der Waals surface area contributed by atoms with Crippen molar-refractivity contribution in [2.45, 2.75) is 0 Å². The van der Waals surface area contributed by atoms with Crippen LogP contribution in [0.25, 0.3) is 65.7 Å². The van der Waals surface area contributed by atoms with E-state index in [0.717, 1.165) is 5.56 Å². The fourth-order valence-electron chi connectivity index (χ4n) is 5.35. The van der Waals surface area contributed by atoms with Gasteiger partial charge in [0.25, 0.3) is 0 Å². The Morgan fingerprint density at radius 1 is 0.361 bits per heavy atom. The maximum absolute atomic E-state index is 4.27. The van der Waals surface area contributed by atoms with Crippen molar-refractivity contribution in [2.24, 2.45) is 0 Å². The molecule has 0 spiro atoms. The van der Waals surface area contributed by atoms with E-state index in [1.54, 1.807) is 0 Å². The molecule has 36 heavy (non-hydrogen) atoms. The van der Waals surface area contributed by atoms with Crippen LogP contribution in [0, 0.1) is 0 Å². The molecule has 0 aliphatic rings. The Morgan fingerprint density at radius 3 is 1.83 bits per heavy atom. The number of hydrogen-bond acceptors (Lipinski definition) is 1. The lowest BCUT2D eigenvalue weighted by Crippen LogP contribution is -1.89. The molecule has 1 heterocycles. The highest BCUT2D eigenvalue weighted by atomic mass is 14.6. The Kier molecular flexibility index (Phi) is 4.85. The fourth-order valence-corrected chi connectivity index (χ4v) is 5.35. The zero-order valence-electron chi connectivity index (χ0n) is 19.7. The third-order valence-corrected chi connectivity index (χ3v) is 7.15. The molecule has 0 N–H and O–H groups in total. The highest BCUT2D eigenvalue weighted by Gasteiger charge is 2.13. The Labute approximate surface area is 210 Å². The summed E-state index contributed by atoms with van der Waals surface area (Å²) in [5.41, 5.74) is 7.26. The van der Waals surface area contributed by atoms with Gasteiger partial charge in [0.05, 0.1) is 0 Å². The molecular weight excluding hydrogens is 434 g/mol. The maximum atomic E-state index is 4.27. The Hall–Kier alpha value is -4.75. The second-order valence-electron chi connectivity index (χ2n) is 9.25. The van der Waals surface area contributed by atoms with Gasteiger partial charge in [0, 0.05) is 12.4 Å². The third kappa shape index (κ3) is 3.45. The van der Waals surface area contributed by atoms with Crippen LogP contribution in [0.1, 0.15) is 0 Å². The molecule has 6 aromatic carbocycles. The molecule has 0 radical (unpaired) electrons. The molecule has 1 heteroatoms. The van der Waals surface area contributed by atoms with Crippen LogP contribution >= 0.6 is 0 Å². The summed E-state index contributed by atoms with van der Waals surface area (Å²) in [6.07, 6.45) is 3.72. The van der Waals surface area contributed by atoms with Gasteiger partial charge in [-0.15, -0.1) is 0 Å². The lowest BCUT2D eigenvalue weighted by Gasteiger charge is -2.15. The van der Waals surface area contributed by atoms with E-state index in [9.17, 15) is 0 Å². The van der Waals surface area contributed by atoms with Gasteiger partial charge in [-0.05, 0) is 83.9 Å². The van der Waals surface area contributed by atoms with E-state index >= 15 is 0 Å². The molecule has 1 nitrogen and oxygen atoms in total. The minimum Gasteiger partial charge on any atom is -0.264 e. The summed E-state index contributed by atoms with van der Waals surface area (Å²) in [5, 5.41) is 7.64. The number of pyridine rings is 1. The van der Waals surface area contributed by atoms with Gasteiger partial charge in [-0.25, -0.2) is 0 Å². The van der Waals surface area contributed by atoms with Gasteiger partial charge in [0.2, 0.25) is 0 Å². The predicted molar refractivity (Wildman–Crippen MR) is 153 cm³/mol. The number of fused-ring (bicyclic) bond motifs is 4. The van der Waals surface area contributed by atoms with Crippen molar-refractivity contribution in [1.82, 2.24) is 4.98 Å². The minimum absolute atomic E-state index is 1.13. The van der Waals surface area contributed by atoms with E-state index in [2.05, 4.69) is 126 Å². The fraction of sp³-hybridized carbons (Fsp3) is 0. The molecule has 0 saturated carbocycles. The van der Waals surface area contributed by atoms with E-state index < -0.39 is 0 Å². The number of nitrogens with zero attached hydrogens (tertiary/aromatic N) is 1. The molecule has 0 aliphatic heterocycles. The highest BCUT2D eigenvalue weighted by molar-refractivity contribution is 6.15. The summed E-state index contributed by atoms with van der Waals surface area (Å²) in [6, 6.07) is 46.1. The van der Waals surface area contributed by atoms with E-state index in [-0.39, 0.29) is 0 Å². The van der Waals surface area contributed by atoms with Crippen molar-refractivity contribution in [2.75, 3.05) is 0 Å². The zero-order valence-corrected chi connectivity index (χ0v) is 19.7. The van der Waals surface area contributed by atoms with Crippen LogP contribution in [-0.2, 0) is 0 Å².